The first kappa shape index (κ1) is 55.0. The van der Waals surface area contributed by atoms with Crippen LogP contribution in [0.4, 0.5) is 21.0 Å². The standard InChI is InChI=1S/C36H37N5O5.C23H21N3O6S/c1-25(35(43)45-24-26-8-3-2-4-9-26)40-20-18-39(19-21-40)22-30-23-41(36(44)46-30)29-16-14-28(15-17-29)33(37)38-34(42)32-13-7-11-27-10-5-6-12-31(27)32;1-33(29,30)31-14-18-13-26(23(28)32-18)17-11-9-16(10-12-17)21(24)25-22(27)20-8-4-6-15-5-2-3-7-19(15)20/h2-17,25,30H,18-24H2,1H3,(H2,37,38,42);2-12,18H,13-14H2,1H3,(H2,24,25,27). The summed E-state index contributed by atoms with van der Waals surface area (Å²) < 4.78 is 43.3. The molecule has 406 valence electrons. The number of anilines is 2. The lowest BCUT2D eigenvalue weighted by Crippen LogP contribution is -2.53. The van der Waals surface area contributed by atoms with E-state index in [4.69, 9.17) is 29.2 Å². The molecule has 4 N–H and O–H groups in total. The first-order valence-electron chi connectivity index (χ1n) is 25.5. The van der Waals surface area contributed by atoms with Gasteiger partial charge in [0, 0.05) is 66.4 Å². The van der Waals surface area contributed by atoms with Gasteiger partial charge in [-0.05, 0) is 94.7 Å². The number of esters is 1. The third-order valence-electron chi connectivity index (χ3n) is 13.7. The Morgan fingerprint density at radius 1 is 0.608 bits per heavy atom. The van der Waals surface area contributed by atoms with Crippen LogP contribution in [0.1, 0.15) is 44.3 Å². The second-order valence-corrected chi connectivity index (χ2v) is 20.8. The Morgan fingerprint density at radius 3 is 1.57 bits per heavy atom. The number of hydrogen-bond acceptors (Lipinski definition) is 15. The number of carbonyl (C=O) groups excluding carboxylic acids is 5. The van der Waals surface area contributed by atoms with Crippen LogP contribution >= 0.6 is 0 Å². The summed E-state index contributed by atoms with van der Waals surface area (Å²) in [5, 5.41) is 25.5. The molecule has 7 aromatic rings. The van der Waals surface area contributed by atoms with E-state index in [1.807, 2.05) is 104 Å². The smallest absolute Gasteiger partial charge is 0.414 e. The van der Waals surface area contributed by atoms with Gasteiger partial charge in [-0.15, -0.1) is 0 Å². The van der Waals surface area contributed by atoms with Gasteiger partial charge in [-0.3, -0.25) is 49.0 Å². The molecule has 0 aromatic heterocycles. The zero-order valence-corrected chi connectivity index (χ0v) is 44.2. The minimum absolute atomic E-state index is 0.0238. The minimum atomic E-state index is -3.64. The van der Waals surface area contributed by atoms with E-state index in [0.717, 1.165) is 59.5 Å². The number of hydrogen-bond donors (Lipinski definition) is 4. The first-order valence-corrected chi connectivity index (χ1v) is 27.3. The van der Waals surface area contributed by atoms with Gasteiger partial charge in [0.25, 0.3) is 21.9 Å². The zero-order chi connectivity index (χ0) is 55.6. The van der Waals surface area contributed by atoms with Gasteiger partial charge in [-0.1, -0.05) is 103 Å². The number of amidine groups is 2. The van der Waals surface area contributed by atoms with Gasteiger partial charge < -0.3 is 24.8 Å². The number of benzene rings is 7. The van der Waals surface area contributed by atoms with Gasteiger partial charge in [0.1, 0.15) is 43.1 Å². The van der Waals surface area contributed by atoms with Crippen LogP contribution in [0, 0.1) is 10.8 Å². The van der Waals surface area contributed by atoms with E-state index in [1.54, 1.807) is 71.6 Å². The van der Waals surface area contributed by atoms with Crippen molar-refractivity contribution in [3.63, 3.8) is 0 Å². The SMILES string of the molecule is CC(C(=O)OCc1ccccc1)N1CCN(CC2CN(c3ccc(C(=N)NC(=O)c4cccc5ccccc45)cc3)C(=O)O2)CC1.CS(=O)(=O)OCC1CN(c2ccc(C(=N)NC(=O)c3cccc4ccccc34)cc2)C(=O)O1. The Balaban J connectivity index is 0.000000203. The third kappa shape index (κ3) is 13.8. The number of nitrogens with zero attached hydrogens (tertiary/aromatic N) is 4. The van der Waals surface area contributed by atoms with Gasteiger partial charge >= 0.3 is 18.2 Å². The minimum Gasteiger partial charge on any atom is -0.460 e. The summed E-state index contributed by atoms with van der Waals surface area (Å²) in [5.41, 5.74) is 4.09. The molecule has 0 saturated carbocycles. The molecule has 0 radical (unpaired) electrons. The second-order valence-electron chi connectivity index (χ2n) is 19.1. The van der Waals surface area contributed by atoms with Gasteiger partial charge in [0.05, 0.1) is 19.3 Å². The van der Waals surface area contributed by atoms with Crippen LogP contribution in [0.15, 0.2) is 164 Å². The zero-order valence-electron chi connectivity index (χ0n) is 43.4. The summed E-state index contributed by atoms with van der Waals surface area (Å²) in [6.45, 7) is 5.98. The Hall–Kier alpha value is -8.82. The van der Waals surface area contributed by atoms with Crippen LogP contribution in [0.25, 0.3) is 21.5 Å². The van der Waals surface area contributed by atoms with Crippen molar-refractivity contribution < 1.29 is 50.8 Å². The van der Waals surface area contributed by atoms with Crippen LogP contribution in [0.3, 0.4) is 0 Å². The maximum Gasteiger partial charge on any atom is 0.414 e. The van der Waals surface area contributed by atoms with E-state index in [0.29, 0.717) is 46.7 Å². The van der Waals surface area contributed by atoms with Crippen LogP contribution in [-0.4, -0.2) is 137 Å². The van der Waals surface area contributed by atoms with Crippen molar-refractivity contribution in [3.8, 4) is 0 Å². The van der Waals surface area contributed by atoms with Crippen LogP contribution in [-0.2, 0) is 39.9 Å². The molecule has 7 aromatic carbocycles. The van der Waals surface area contributed by atoms with E-state index in [2.05, 4.69) is 20.4 Å². The van der Waals surface area contributed by atoms with Crippen molar-refractivity contribution in [3.05, 3.63) is 192 Å². The number of nitrogens with one attached hydrogen (secondary N) is 4. The fourth-order valence-corrected chi connectivity index (χ4v) is 9.83. The number of ether oxygens (including phenoxy) is 3. The van der Waals surface area contributed by atoms with Gasteiger partial charge in [0.2, 0.25) is 0 Å². The van der Waals surface area contributed by atoms with Crippen molar-refractivity contribution in [2.75, 3.05) is 68.5 Å². The average Bonchev–Trinajstić information content (AvgIpc) is 4.08. The summed E-state index contributed by atoms with van der Waals surface area (Å²) in [7, 11) is -3.64. The molecule has 3 aliphatic heterocycles. The number of piperazine rings is 1. The third-order valence-corrected chi connectivity index (χ3v) is 14.2. The molecule has 19 nitrogen and oxygen atoms in total. The topological polar surface area (TPSA) is 241 Å². The highest BCUT2D eigenvalue weighted by Crippen LogP contribution is 2.26. The number of cyclic esters (lactones) is 2. The van der Waals surface area contributed by atoms with E-state index in [9.17, 15) is 32.4 Å². The summed E-state index contributed by atoms with van der Waals surface area (Å²) in [6, 6.07) is 48.8. The van der Waals surface area contributed by atoms with E-state index in [-0.39, 0.29) is 55.5 Å². The summed E-state index contributed by atoms with van der Waals surface area (Å²) >= 11 is 0. The van der Waals surface area contributed by atoms with Gasteiger partial charge in [0.15, 0.2) is 0 Å². The van der Waals surface area contributed by atoms with Crippen LogP contribution in [0.2, 0.25) is 0 Å². The van der Waals surface area contributed by atoms with Crippen molar-refractivity contribution in [2.24, 2.45) is 0 Å². The molecular formula is C59H58N8O11S. The molecule has 3 heterocycles. The molecule has 0 spiro atoms. The summed E-state index contributed by atoms with van der Waals surface area (Å²) in [5.74, 6) is -1.08. The molecule has 20 heteroatoms. The molecule has 0 aliphatic carbocycles. The van der Waals surface area contributed by atoms with E-state index in [1.165, 1.54) is 4.90 Å². The molecule has 79 heavy (non-hydrogen) atoms. The first-order chi connectivity index (χ1) is 38.1. The highest BCUT2D eigenvalue weighted by atomic mass is 32.2. The monoisotopic (exact) mass is 1090 g/mol. The fourth-order valence-electron chi connectivity index (χ4n) is 9.43. The van der Waals surface area contributed by atoms with Crippen LogP contribution in [0.5, 0.6) is 0 Å². The number of carbonyl (C=O) groups is 5. The lowest BCUT2D eigenvalue weighted by atomic mass is 10.0. The van der Waals surface area contributed by atoms with Crippen molar-refractivity contribution in [1.29, 1.82) is 10.8 Å². The van der Waals surface area contributed by atoms with E-state index >= 15 is 0 Å². The number of amides is 4. The number of rotatable bonds is 15. The highest BCUT2D eigenvalue weighted by molar-refractivity contribution is 7.86. The predicted molar refractivity (Wildman–Crippen MR) is 299 cm³/mol. The van der Waals surface area contributed by atoms with Crippen molar-refractivity contribution in [1.82, 2.24) is 20.4 Å². The van der Waals surface area contributed by atoms with E-state index < -0.39 is 34.3 Å². The normalized spacial score (nSPS) is 17.0. The molecule has 10 rings (SSSR count). The van der Waals surface area contributed by atoms with Crippen molar-refractivity contribution >= 4 is 84.7 Å². The lowest BCUT2D eigenvalue weighted by molar-refractivity contribution is -0.151. The second kappa shape index (κ2) is 24.7. The molecular weight excluding hydrogens is 1030 g/mol. The molecule has 3 aliphatic rings. The van der Waals surface area contributed by atoms with Crippen LogP contribution < -0.4 is 20.4 Å². The highest BCUT2D eigenvalue weighted by Gasteiger charge is 2.36. The molecule has 3 atom stereocenters. The molecule has 0 bridgehead atoms. The molecule has 3 fully saturated rings. The molecule has 3 unspecified atom stereocenters. The maximum atomic E-state index is 13.0. The summed E-state index contributed by atoms with van der Waals surface area (Å²) in [4.78, 5) is 70.6. The maximum absolute atomic E-state index is 13.0. The molecule has 4 amide bonds. The number of fused-ring (bicyclic) bond motifs is 2. The lowest BCUT2D eigenvalue weighted by Gasteiger charge is -2.37. The van der Waals surface area contributed by atoms with Crippen molar-refractivity contribution in [2.45, 2.75) is 31.8 Å². The Morgan fingerprint density at radius 2 is 1.06 bits per heavy atom. The van der Waals surface area contributed by atoms with Gasteiger partial charge in [-0.2, -0.15) is 8.42 Å². The molecule has 3 saturated heterocycles. The fraction of sp³-hybridized carbons (Fsp3) is 0.237. The predicted octanol–water partition coefficient (Wildman–Crippen LogP) is 7.57. The Bertz CT molecular complexity index is 3510. The quantitative estimate of drug-likeness (QED) is 0.0255. The average molecular weight is 1090 g/mol. The largest absolute Gasteiger partial charge is 0.460 e. The Labute approximate surface area is 456 Å². The summed E-state index contributed by atoms with van der Waals surface area (Å²) in [6.07, 6.45) is -1.11. The van der Waals surface area contributed by atoms with Gasteiger partial charge in [-0.25, -0.2) is 9.59 Å². The Kier molecular flexibility index (Phi) is 17.2.